The number of rotatable bonds is 9. The van der Waals surface area contributed by atoms with Crippen molar-refractivity contribution in [3.8, 4) is 0 Å². The molecule has 0 saturated heterocycles. The van der Waals surface area contributed by atoms with Crippen molar-refractivity contribution < 1.29 is 24.2 Å². The highest BCUT2D eigenvalue weighted by molar-refractivity contribution is 5.86. The highest BCUT2D eigenvalue weighted by Crippen LogP contribution is 1.83. The van der Waals surface area contributed by atoms with Crippen LogP contribution in [0.2, 0.25) is 0 Å². The van der Waals surface area contributed by atoms with E-state index in [4.69, 9.17) is 9.84 Å². The Hall–Kier alpha value is -1.83. The summed E-state index contributed by atoms with van der Waals surface area (Å²) in [6.07, 6.45) is 0.825. The first-order valence-electron chi connectivity index (χ1n) is 6.09. The normalized spacial score (nSPS) is 11.5. The third-order valence-electron chi connectivity index (χ3n) is 2.05. The molecular weight excluding hydrogens is 254 g/mol. The fourth-order valence-corrected chi connectivity index (χ4v) is 1.11. The van der Waals surface area contributed by atoms with E-state index >= 15 is 0 Å². The summed E-state index contributed by atoms with van der Waals surface area (Å²) in [4.78, 5) is 32.9. The number of nitrogens with one attached hydrogen (secondary N) is 3. The Morgan fingerprint density at radius 2 is 1.89 bits per heavy atom. The maximum absolute atomic E-state index is 11.4. The molecule has 3 amide bonds. The Labute approximate surface area is 111 Å². The van der Waals surface area contributed by atoms with E-state index in [0.717, 1.165) is 6.42 Å². The number of carbonyl (C=O) groups is 3. The van der Waals surface area contributed by atoms with E-state index in [-0.39, 0.29) is 19.1 Å². The summed E-state index contributed by atoms with van der Waals surface area (Å²) in [7, 11) is 0. The van der Waals surface area contributed by atoms with Gasteiger partial charge in [0.2, 0.25) is 5.91 Å². The molecule has 0 aromatic rings. The van der Waals surface area contributed by atoms with Crippen LogP contribution < -0.4 is 16.0 Å². The van der Waals surface area contributed by atoms with E-state index in [1.165, 1.54) is 0 Å². The SMILES string of the molecule is CCCNC(=O)C(C)NC(=O)NCCOCC(=O)O. The second kappa shape index (κ2) is 10.1. The van der Waals surface area contributed by atoms with Crippen molar-refractivity contribution in [2.75, 3.05) is 26.3 Å². The standard InChI is InChI=1S/C11H21N3O5/c1-3-4-12-10(17)8(2)14-11(18)13-5-6-19-7-9(15)16/h8H,3-7H2,1-2H3,(H,12,17)(H,15,16)(H2,13,14,18). The van der Waals surface area contributed by atoms with Gasteiger partial charge in [-0.25, -0.2) is 9.59 Å². The van der Waals surface area contributed by atoms with Gasteiger partial charge in [0.25, 0.3) is 0 Å². The van der Waals surface area contributed by atoms with Gasteiger partial charge in [-0.3, -0.25) is 4.79 Å². The molecule has 4 N–H and O–H groups in total. The van der Waals surface area contributed by atoms with Crippen molar-refractivity contribution in [1.29, 1.82) is 0 Å². The lowest BCUT2D eigenvalue weighted by atomic mass is 10.3. The highest BCUT2D eigenvalue weighted by atomic mass is 16.5. The minimum atomic E-state index is -1.06. The lowest BCUT2D eigenvalue weighted by Crippen LogP contribution is -2.49. The summed E-state index contributed by atoms with van der Waals surface area (Å²) in [5.41, 5.74) is 0. The van der Waals surface area contributed by atoms with E-state index in [2.05, 4.69) is 16.0 Å². The van der Waals surface area contributed by atoms with Crippen molar-refractivity contribution >= 4 is 17.9 Å². The summed E-state index contributed by atoms with van der Waals surface area (Å²) >= 11 is 0. The zero-order valence-electron chi connectivity index (χ0n) is 11.2. The Kier molecular flexibility index (Phi) is 9.15. The molecule has 0 aliphatic carbocycles. The Balaban J connectivity index is 3.67. The van der Waals surface area contributed by atoms with Crippen molar-refractivity contribution in [2.24, 2.45) is 0 Å². The van der Waals surface area contributed by atoms with Gasteiger partial charge in [-0.15, -0.1) is 0 Å². The molecule has 0 aliphatic heterocycles. The monoisotopic (exact) mass is 275 g/mol. The summed E-state index contributed by atoms with van der Waals surface area (Å²) in [6, 6.07) is -1.13. The molecule has 0 aromatic heterocycles. The lowest BCUT2D eigenvalue weighted by molar-refractivity contribution is -0.142. The molecule has 8 heteroatoms. The molecule has 0 rings (SSSR count). The van der Waals surface area contributed by atoms with Gasteiger partial charge in [0.05, 0.1) is 6.61 Å². The fourth-order valence-electron chi connectivity index (χ4n) is 1.11. The molecule has 0 heterocycles. The summed E-state index contributed by atoms with van der Waals surface area (Å²) in [6.45, 7) is 3.93. The summed E-state index contributed by atoms with van der Waals surface area (Å²) in [5, 5.41) is 15.9. The predicted molar refractivity (Wildman–Crippen MR) is 67.8 cm³/mol. The second-order valence-corrected chi connectivity index (χ2v) is 3.86. The molecule has 0 aromatic carbocycles. The number of carbonyl (C=O) groups excluding carboxylic acids is 2. The molecule has 0 bridgehead atoms. The van der Waals surface area contributed by atoms with Gasteiger partial charge in [-0.05, 0) is 13.3 Å². The van der Waals surface area contributed by atoms with Gasteiger partial charge in [-0.2, -0.15) is 0 Å². The van der Waals surface area contributed by atoms with Gasteiger partial charge < -0.3 is 25.8 Å². The molecule has 0 radical (unpaired) electrons. The van der Waals surface area contributed by atoms with Crippen LogP contribution in [-0.4, -0.2) is 55.4 Å². The molecule has 1 unspecified atom stereocenters. The number of carboxylic acid groups (broad SMARTS) is 1. The molecule has 8 nitrogen and oxygen atoms in total. The maximum atomic E-state index is 11.4. The van der Waals surface area contributed by atoms with Gasteiger partial charge in [0, 0.05) is 13.1 Å². The van der Waals surface area contributed by atoms with Gasteiger partial charge in [-0.1, -0.05) is 6.92 Å². The number of aliphatic carboxylic acids is 1. The lowest BCUT2D eigenvalue weighted by Gasteiger charge is -2.14. The highest BCUT2D eigenvalue weighted by Gasteiger charge is 2.14. The van der Waals surface area contributed by atoms with Crippen molar-refractivity contribution in [2.45, 2.75) is 26.3 Å². The zero-order valence-corrected chi connectivity index (χ0v) is 11.2. The van der Waals surface area contributed by atoms with E-state index in [1.54, 1.807) is 6.92 Å². The number of urea groups is 1. The zero-order chi connectivity index (χ0) is 14.7. The average molecular weight is 275 g/mol. The minimum Gasteiger partial charge on any atom is -0.480 e. The quantitative estimate of drug-likeness (QED) is 0.415. The van der Waals surface area contributed by atoms with Crippen molar-refractivity contribution in [3.63, 3.8) is 0 Å². The smallest absolute Gasteiger partial charge is 0.329 e. The fraction of sp³-hybridized carbons (Fsp3) is 0.727. The Morgan fingerprint density at radius 3 is 2.47 bits per heavy atom. The van der Waals surface area contributed by atoms with E-state index < -0.39 is 24.6 Å². The largest absolute Gasteiger partial charge is 0.480 e. The average Bonchev–Trinajstić information content (AvgIpc) is 2.34. The second-order valence-electron chi connectivity index (χ2n) is 3.86. The van der Waals surface area contributed by atoms with Crippen LogP contribution in [0.25, 0.3) is 0 Å². The Bertz CT molecular complexity index is 309. The first kappa shape index (κ1) is 17.2. The molecule has 110 valence electrons. The molecular formula is C11H21N3O5. The van der Waals surface area contributed by atoms with Crippen LogP contribution in [0.1, 0.15) is 20.3 Å². The number of hydrogen-bond donors (Lipinski definition) is 4. The minimum absolute atomic E-state index is 0.0934. The molecule has 0 fully saturated rings. The third kappa shape index (κ3) is 9.83. The van der Waals surface area contributed by atoms with E-state index in [9.17, 15) is 14.4 Å². The van der Waals surface area contributed by atoms with Gasteiger partial charge >= 0.3 is 12.0 Å². The molecule has 19 heavy (non-hydrogen) atoms. The summed E-state index contributed by atoms with van der Waals surface area (Å²) in [5.74, 6) is -1.32. The van der Waals surface area contributed by atoms with Crippen LogP contribution in [0, 0.1) is 0 Å². The predicted octanol–water partition coefficient (Wildman–Crippen LogP) is -0.698. The molecule has 0 spiro atoms. The number of hydrogen-bond acceptors (Lipinski definition) is 4. The molecule has 0 saturated carbocycles. The molecule has 0 aliphatic rings. The van der Waals surface area contributed by atoms with E-state index in [1.807, 2.05) is 6.92 Å². The number of carboxylic acids is 1. The summed E-state index contributed by atoms with van der Waals surface area (Å²) < 4.78 is 4.73. The third-order valence-corrected chi connectivity index (χ3v) is 2.05. The van der Waals surface area contributed by atoms with Gasteiger partial charge in [0.1, 0.15) is 12.6 Å². The van der Waals surface area contributed by atoms with Crippen LogP contribution in [0.3, 0.4) is 0 Å². The van der Waals surface area contributed by atoms with Crippen molar-refractivity contribution in [3.05, 3.63) is 0 Å². The van der Waals surface area contributed by atoms with Crippen molar-refractivity contribution in [1.82, 2.24) is 16.0 Å². The molecule has 1 atom stereocenters. The van der Waals surface area contributed by atoms with Crippen LogP contribution in [0.4, 0.5) is 4.79 Å². The first-order chi connectivity index (χ1) is 8.97. The number of ether oxygens (including phenoxy) is 1. The van der Waals surface area contributed by atoms with Crippen LogP contribution >= 0.6 is 0 Å². The van der Waals surface area contributed by atoms with Crippen LogP contribution in [-0.2, 0) is 14.3 Å². The van der Waals surface area contributed by atoms with Gasteiger partial charge in [0.15, 0.2) is 0 Å². The number of amides is 3. The van der Waals surface area contributed by atoms with E-state index in [0.29, 0.717) is 6.54 Å². The van der Waals surface area contributed by atoms with Crippen LogP contribution in [0.5, 0.6) is 0 Å². The maximum Gasteiger partial charge on any atom is 0.329 e. The Morgan fingerprint density at radius 1 is 1.21 bits per heavy atom. The topological polar surface area (TPSA) is 117 Å². The first-order valence-corrected chi connectivity index (χ1v) is 6.09. The van der Waals surface area contributed by atoms with Crippen LogP contribution in [0.15, 0.2) is 0 Å².